The van der Waals surface area contributed by atoms with Crippen molar-refractivity contribution in [3.8, 4) is 0 Å². The summed E-state index contributed by atoms with van der Waals surface area (Å²) in [6, 6.07) is 0. The maximum absolute atomic E-state index is 11.9. The maximum Gasteiger partial charge on any atom is 0.352 e. The van der Waals surface area contributed by atoms with E-state index < -0.39 is 5.97 Å². The molecule has 1 heterocycles. The third kappa shape index (κ3) is 1.45. The first-order valence-electron chi connectivity index (χ1n) is 5.48. The van der Waals surface area contributed by atoms with E-state index >= 15 is 0 Å². The first-order valence-corrected chi connectivity index (χ1v) is 5.48. The third-order valence-corrected chi connectivity index (χ3v) is 3.35. The summed E-state index contributed by atoms with van der Waals surface area (Å²) in [5.74, 6) is -0.852. The Labute approximate surface area is 93.9 Å². The average molecular weight is 221 g/mol. The Kier molecular flexibility index (Phi) is 2.58. The average Bonchev–Trinajstić information content (AvgIpc) is 2.35. The van der Waals surface area contributed by atoms with Gasteiger partial charge >= 0.3 is 5.97 Å². The molecule has 1 aliphatic rings. The SMILES string of the molecule is Cc1c2c(c(C(=O)O)n1C)CCCCC2=O. The van der Waals surface area contributed by atoms with Gasteiger partial charge in [0.2, 0.25) is 0 Å². The fourth-order valence-electron chi connectivity index (χ4n) is 2.47. The second kappa shape index (κ2) is 3.77. The number of carboxylic acids is 1. The maximum atomic E-state index is 11.9. The van der Waals surface area contributed by atoms with Gasteiger partial charge in [0.1, 0.15) is 5.69 Å². The molecule has 0 amide bonds. The number of nitrogens with zero attached hydrogens (tertiary/aromatic N) is 1. The van der Waals surface area contributed by atoms with Gasteiger partial charge in [-0.25, -0.2) is 4.79 Å². The Balaban J connectivity index is 2.70. The number of carbonyl (C=O) groups excluding carboxylic acids is 1. The summed E-state index contributed by atoms with van der Waals surface area (Å²) in [5.41, 5.74) is 2.44. The topological polar surface area (TPSA) is 59.3 Å². The number of Topliss-reactive ketones (excluding diaryl/α,β-unsaturated/α-hetero) is 1. The molecule has 4 nitrogen and oxygen atoms in total. The molecule has 0 unspecified atom stereocenters. The standard InChI is InChI=1S/C12H15NO3/c1-7-10-8(5-3-4-6-9(10)14)11(12(15)16)13(7)2/h3-6H2,1-2H3,(H,15,16). The smallest absolute Gasteiger partial charge is 0.352 e. The molecule has 86 valence electrons. The van der Waals surface area contributed by atoms with Crippen molar-refractivity contribution in [2.24, 2.45) is 7.05 Å². The zero-order valence-electron chi connectivity index (χ0n) is 9.54. The van der Waals surface area contributed by atoms with Gasteiger partial charge in [0.05, 0.1) is 0 Å². The van der Waals surface area contributed by atoms with Gasteiger partial charge in [-0.1, -0.05) is 0 Å². The highest BCUT2D eigenvalue weighted by atomic mass is 16.4. The summed E-state index contributed by atoms with van der Waals surface area (Å²) in [7, 11) is 1.71. The van der Waals surface area contributed by atoms with Crippen LogP contribution in [0.15, 0.2) is 0 Å². The molecule has 1 aromatic heterocycles. The van der Waals surface area contributed by atoms with Crippen molar-refractivity contribution in [3.63, 3.8) is 0 Å². The second-order valence-electron chi connectivity index (χ2n) is 4.28. The highest BCUT2D eigenvalue weighted by Gasteiger charge is 2.27. The number of hydrogen-bond donors (Lipinski definition) is 1. The lowest BCUT2D eigenvalue weighted by molar-refractivity contribution is 0.0685. The minimum absolute atomic E-state index is 0.0908. The molecule has 0 saturated heterocycles. The van der Waals surface area contributed by atoms with E-state index in [1.54, 1.807) is 11.6 Å². The van der Waals surface area contributed by atoms with Gasteiger partial charge in [0, 0.05) is 24.7 Å². The molecule has 0 aliphatic heterocycles. The van der Waals surface area contributed by atoms with E-state index in [1.165, 1.54) is 0 Å². The molecule has 0 fully saturated rings. The van der Waals surface area contributed by atoms with Gasteiger partial charge in [-0.05, 0) is 31.7 Å². The predicted molar refractivity (Wildman–Crippen MR) is 59.0 cm³/mol. The minimum atomic E-state index is -0.943. The van der Waals surface area contributed by atoms with Crippen molar-refractivity contribution >= 4 is 11.8 Å². The molecule has 16 heavy (non-hydrogen) atoms. The second-order valence-corrected chi connectivity index (χ2v) is 4.28. The van der Waals surface area contributed by atoms with Crippen LogP contribution in [-0.2, 0) is 13.5 Å². The van der Waals surface area contributed by atoms with Crippen LogP contribution in [0.5, 0.6) is 0 Å². The molecule has 0 radical (unpaired) electrons. The highest BCUT2D eigenvalue weighted by molar-refractivity contribution is 6.02. The highest BCUT2D eigenvalue weighted by Crippen LogP contribution is 2.28. The van der Waals surface area contributed by atoms with Crippen molar-refractivity contribution in [2.45, 2.75) is 32.6 Å². The molecular weight excluding hydrogens is 206 g/mol. The molecule has 0 bridgehead atoms. The van der Waals surface area contributed by atoms with E-state index in [-0.39, 0.29) is 11.5 Å². The quantitative estimate of drug-likeness (QED) is 0.737. The zero-order valence-corrected chi connectivity index (χ0v) is 9.54. The number of hydrogen-bond acceptors (Lipinski definition) is 2. The predicted octanol–water partition coefficient (Wildman–Crippen LogP) is 1.94. The first kappa shape index (κ1) is 10.9. The van der Waals surface area contributed by atoms with Crippen LogP contribution in [0.25, 0.3) is 0 Å². The lowest BCUT2D eigenvalue weighted by Crippen LogP contribution is -2.08. The van der Waals surface area contributed by atoms with E-state index in [1.807, 2.05) is 6.92 Å². The number of rotatable bonds is 1. The number of ketones is 1. The molecule has 1 aliphatic carbocycles. The van der Waals surface area contributed by atoms with Crippen molar-refractivity contribution in [3.05, 3.63) is 22.5 Å². The minimum Gasteiger partial charge on any atom is -0.477 e. The molecule has 4 heteroatoms. The number of carbonyl (C=O) groups is 2. The van der Waals surface area contributed by atoms with Gasteiger partial charge < -0.3 is 9.67 Å². The monoisotopic (exact) mass is 221 g/mol. The van der Waals surface area contributed by atoms with E-state index in [9.17, 15) is 14.7 Å². The van der Waals surface area contributed by atoms with Crippen LogP contribution in [0.4, 0.5) is 0 Å². The van der Waals surface area contributed by atoms with Gasteiger partial charge in [0.15, 0.2) is 5.78 Å². The Morgan fingerprint density at radius 1 is 1.31 bits per heavy atom. The van der Waals surface area contributed by atoms with Crippen molar-refractivity contribution in [1.29, 1.82) is 0 Å². The van der Waals surface area contributed by atoms with Crippen LogP contribution in [0.3, 0.4) is 0 Å². The Morgan fingerprint density at radius 3 is 2.56 bits per heavy atom. The van der Waals surface area contributed by atoms with Crippen LogP contribution in [0, 0.1) is 6.92 Å². The normalized spacial score (nSPS) is 15.8. The van der Waals surface area contributed by atoms with Crippen LogP contribution in [-0.4, -0.2) is 21.4 Å². The van der Waals surface area contributed by atoms with Crippen LogP contribution < -0.4 is 0 Å². The molecule has 2 rings (SSSR count). The third-order valence-electron chi connectivity index (χ3n) is 3.35. The van der Waals surface area contributed by atoms with E-state index in [0.717, 1.165) is 24.1 Å². The molecule has 1 N–H and O–H groups in total. The molecule has 0 saturated carbocycles. The van der Waals surface area contributed by atoms with Gasteiger partial charge in [-0.2, -0.15) is 0 Å². The van der Waals surface area contributed by atoms with Gasteiger partial charge in [-0.15, -0.1) is 0 Å². The van der Waals surface area contributed by atoms with Crippen molar-refractivity contribution < 1.29 is 14.7 Å². The summed E-state index contributed by atoms with van der Waals surface area (Å²) in [6.45, 7) is 1.81. The first-order chi connectivity index (χ1) is 7.54. The Morgan fingerprint density at radius 2 is 1.94 bits per heavy atom. The van der Waals surface area contributed by atoms with E-state index in [2.05, 4.69) is 0 Å². The number of aromatic nitrogens is 1. The fraction of sp³-hybridized carbons (Fsp3) is 0.500. The Hall–Kier alpha value is -1.58. The summed E-state index contributed by atoms with van der Waals surface area (Å²) in [6.07, 6.45) is 2.99. The number of carboxylic acid groups (broad SMARTS) is 1. The summed E-state index contributed by atoms with van der Waals surface area (Å²) in [4.78, 5) is 23.1. The molecule has 0 atom stereocenters. The molecule has 0 aromatic carbocycles. The number of fused-ring (bicyclic) bond motifs is 1. The zero-order chi connectivity index (χ0) is 11.9. The lowest BCUT2D eigenvalue weighted by Gasteiger charge is -2.02. The van der Waals surface area contributed by atoms with Crippen molar-refractivity contribution in [2.75, 3.05) is 0 Å². The van der Waals surface area contributed by atoms with Crippen LogP contribution >= 0.6 is 0 Å². The summed E-state index contributed by atoms with van der Waals surface area (Å²) >= 11 is 0. The summed E-state index contributed by atoms with van der Waals surface area (Å²) in [5, 5.41) is 9.18. The van der Waals surface area contributed by atoms with Crippen LogP contribution in [0.2, 0.25) is 0 Å². The van der Waals surface area contributed by atoms with Gasteiger partial charge in [-0.3, -0.25) is 4.79 Å². The molecular formula is C12H15NO3. The molecule has 1 aromatic rings. The summed E-state index contributed by atoms with van der Waals surface area (Å²) < 4.78 is 1.62. The Bertz CT molecular complexity index is 471. The van der Waals surface area contributed by atoms with Gasteiger partial charge in [0.25, 0.3) is 0 Å². The molecule has 0 spiro atoms. The van der Waals surface area contributed by atoms with E-state index in [4.69, 9.17) is 0 Å². The number of aromatic carboxylic acids is 1. The largest absolute Gasteiger partial charge is 0.477 e. The lowest BCUT2D eigenvalue weighted by atomic mass is 10.0. The van der Waals surface area contributed by atoms with Crippen LogP contribution in [0.1, 0.15) is 51.4 Å². The van der Waals surface area contributed by atoms with E-state index in [0.29, 0.717) is 18.4 Å². The fourth-order valence-corrected chi connectivity index (χ4v) is 2.47. The van der Waals surface area contributed by atoms with Crippen molar-refractivity contribution in [1.82, 2.24) is 4.57 Å².